The van der Waals surface area contributed by atoms with E-state index >= 15 is 0 Å². The van der Waals surface area contributed by atoms with Crippen LogP contribution in [0.5, 0.6) is 0 Å². The van der Waals surface area contributed by atoms with Crippen molar-refractivity contribution in [3.05, 3.63) is 46.0 Å². The third-order valence-electron chi connectivity index (χ3n) is 6.29. The molecule has 2 aromatic heterocycles. The monoisotopic (exact) mass is 437 g/mol. The van der Waals surface area contributed by atoms with Crippen molar-refractivity contribution in [3.63, 3.8) is 0 Å². The lowest BCUT2D eigenvalue weighted by atomic mass is 9.94. The Bertz CT molecular complexity index is 1040. The maximum atomic E-state index is 13.7. The SMILES string of the molecule is CC(C)[C@@H]1C[C@H](C(F)(F)F)n2nc(C3CCN(C(=O)c4ccn(C)c(=O)c4)C3)cc2N1. The number of alkyl halides is 3. The molecule has 0 aromatic carbocycles. The molecule has 1 unspecified atom stereocenters. The fourth-order valence-electron chi connectivity index (χ4n) is 4.31. The number of fused-ring (bicyclic) bond motifs is 1. The van der Waals surface area contributed by atoms with Gasteiger partial charge in [0.2, 0.25) is 0 Å². The molecule has 31 heavy (non-hydrogen) atoms. The lowest BCUT2D eigenvalue weighted by molar-refractivity contribution is -0.174. The van der Waals surface area contributed by atoms with Crippen LogP contribution in [0.25, 0.3) is 0 Å². The van der Waals surface area contributed by atoms with Crippen molar-refractivity contribution in [2.45, 2.75) is 50.9 Å². The minimum absolute atomic E-state index is 0.0510. The van der Waals surface area contributed by atoms with Gasteiger partial charge in [-0.3, -0.25) is 9.59 Å². The molecule has 1 saturated heterocycles. The molecule has 4 rings (SSSR count). The average Bonchev–Trinajstić information content (AvgIpc) is 3.34. The zero-order chi connectivity index (χ0) is 22.5. The summed E-state index contributed by atoms with van der Waals surface area (Å²) in [6.45, 7) is 4.62. The highest BCUT2D eigenvalue weighted by molar-refractivity contribution is 5.94. The standard InChI is InChI=1S/C21H26F3N5O2/c1-12(2)15-9-17(21(22,23)24)29-18(25-15)10-16(26-29)14-5-7-28(11-14)20(31)13-4-6-27(3)19(30)8-13/h4,6,8,10,12,14-15,17,25H,5,7,9,11H2,1-3H3/t14?,15-,17+/m0/s1. The third kappa shape index (κ3) is 4.07. The fraction of sp³-hybridized carbons (Fsp3) is 0.571. The van der Waals surface area contributed by atoms with Crippen molar-refractivity contribution in [1.29, 1.82) is 0 Å². The van der Waals surface area contributed by atoms with Gasteiger partial charge in [0.05, 0.1) is 5.69 Å². The molecule has 1 amide bonds. The Balaban J connectivity index is 1.55. The van der Waals surface area contributed by atoms with Gasteiger partial charge in [0.15, 0.2) is 6.04 Å². The summed E-state index contributed by atoms with van der Waals surface area (Å²) in [6, 6.07) is 2.63. The number of nitrogens with zero attached hydrogens (tertiary/aromatic N) is 4. The molecule has 3 atom stereocenters. The number of carbonyl (C=O) groups is 1. The second-order valence-corrected chi connectivity index (χ2v) is 8.79. The average molecular weight is 437 g/mol. The van der Waals surface area contributed by atoms with Gasteiger partial charge in [0.25, 0.3) is 11.5 Å². The molecule has 4 heterocycles. The molecule has 168 valence electrons. The summed E-state index contributed by atoms with van der Waals surface area (Å²) in [5.74, 6) is 0.0193. The number of hydrogen-bond donors (Lipinski definition) is 1. The molecule has 2 aliphatic heterocycles. The van der Waals surface area contributed by atoms with Gasteiger partial charge in [0, 0.05) is 56.0 Å². The van der Waals surface area contributed by atoms with Crippen LogP contribution < -0.4 is 10.9 Å². The van der Waals surface area contributed by atoms with E-state index in [1.807, 2.05) is 13.8 Å². The Morgan fingerprint density at radius 2 is 2.03 bits per heavy atom. The molecule has 2 aliphatic rings. The number of nitrogens with one attached hydrogen (secondary N) is 1. The summed E-state index contributed by atoms with van der Waals surface area (Å²) in [5.41, 5.74) is 0.597. The number of rotatable bonds is 3. The van der Waals surface area contributed by atoms with E-state index in [1.54, 1.807) is 30.3 Å². The first-order valence-corrected chi connectivity index (χ1v) is 10.4. The largest absolute Gasteiger partial charge is 0.410 e. The van der Waals surface area contributed by atoms with Crippen LogP contribution in [-0.4, -0.2) is 50.5 Å². The Kier molecular flexibility index (Phi) is 5.35. The van der Waals surface area contributed by atoms with Gasteiger partial charge in [-0.15, -0.1) is 0 Å². The van der Waals surface area contributed by atoms with Crippen LogP contribution in [0.3, 0.4) is 0 Å². The van der Waals surface area contributed by atoms with Gasteiger partial charge in [-0.2, -0.15) is 18.3 Å². The van der Waals surface area contributed by atoms with E-state index in [0.29, 0.717) is 36.6 Å². The number of carbonyl (C=O) groups excluding carboxylic acids is 1. The Morgan fingerprint density at radius 3 is 2.68 bits per heavy atom. The summed E-state index contributed by atoms with van der Waals surface area (Å²) in [6.07, 6.45) is -2.30. The van der Waals surface area contributed by atoms with Gasteiger partial charge in [-0.1, -0.05) is 13.8 Å². The maximum Gasteiger partial charge on any atom is 0.410 e. The van der Waals surface area contributed by atoms with Crippen molar-refractivity contribution in [3.8, 4) is 0 Å². The summed E-state index contributed by atoms with van der Waals surface area (Å²) in [5, 5.41) is 7.51. The molecule has 10 heteroatoms. The van der Waals surface area contributed by atoms with Gasteiger partial charge in [-0.05, 0) is 24.8 Å². The Labute approximate surface area is 177 Å². The highest BCUT2D eigenvalue weighted by atomic mass is 19.4. The number of amides is 1. The lowest BCUT2D eigenvalue weighted by Gasteiger charge is -2.35. The van der Waals surface area contributed by atoms with Gasteiger partial charge in [0.1, 0.15) is 5.82 Å². The van der Waals surface area contributed by atoms with Crippen LogP contribution in [-0.2, 0) is 7.05 Å². The van der Waals surface area contributed by atoms with E-state index in [0.717, 1.165) is 4.68 Å². The van der Waals surface area contributed by atoms with E-state index in [4.69, 9.17) is 0 Å². The minimum atomic E-state index is -4.38. The van der Waals surface area contributed by atoms with Crippen LogP contribution in [0.15, 0.2) is 29.2 Å². The molecule has 0 spiro atoms. The van der Waals surface area contributed by atoms with Crippen LogP contribution in [0, 0.1) is 5.92 Å². The number of halogens is 3. The number of aryl methyl sites for hydroxylation is 1. The zero-order valence-corrected chi connectivity index (χ0v) is 17.7. The van der Waals surface area contributed by atoms with E-state index in [1.165, 1.54) is 10.6 Å². The Hall–Kier alpha value is -2.78. The molecular formula is C21H26F3N5O2. The molecule has 0 bridgehead atoms. The van der Waals surface area contributed by atoms with E-state index in [-0.39, 0.29) is 35.8 Å². The second-order valence-electron chi connectivity index (χ2n) is 8.79. The first-order chi connectivity index (χ1) is 14.5. The molecule has 0 radical (unpaired) electrons. The quantitative estimate of drug-likeness (QED) is 0.801. The summed E-state index contributed by atoms with van der Waals surface area (Å²) < 4.78 is 43.5. The zero-order valence-electron chi connectivity index (χ0n) is 17.7. The highest BCUT2D eigenvalue weighted by Gasteiger charge is 2.47. The lowest BCUT2D eigenvalue weighted by Crippen LogP contribution is -2.41. The van der Waals surface area contributed by atoms with Crippen molar-refractivity contribution in [2.24, 2.45) is 13.0 Å². The summed E-state index contributed by atoms with van der Waals surface area (Å²) in [7, 11) is 1.61. The van der Waals surface area contributed by atoms with Crippen LogP contribution in [0.1, 0.15) is 54.7 Å². The number of pyridine rings is 1. The van der Waals surface area contributed by atoms with Gasteiger partial charge < -0.3 is 14.8 Å². The second kappa shape index (κ2) is 7.72. The normalized spacial score (nSPS) is 23.7. The van der Waals surface area contributed by atoms with E-state index < -0.39 is 12.2 Å². The maximum absolute atomic E-state index is 13.7. The number of hydrogen-bond acceptors (Lipinski definition) is 4. The van der Waals surface area contributed by atoms with Crippen LogP contribution >= 0.6 is 0 Å². The summed E-state index contributed by atoms with van der Waals surface area (Å²) >= 11 is 0. The molecule has 7 nitrogen and oxygen atoms in total. The third-order valence-corrected chi connectivity index (χ3v) is 6.29. The molecule has 0 saturated carbocycles. The minimum Gasteiger partial charge on any atom is -0.367 e. The predicted molar refractivity (Wildman–Crippen MR) is 109 cm³/mol. The Morgan fingerprint density at radius 1 is 1.29 bits per heavy atom. The van der Waals surface area contributed by atoms with Crippen molar-refractivity contribution < 1.29 is 18.0 Å². The molecular weight excluding hydrogens is 411 g/mol. The smallest absolute Gasteiger partial charge is 0.367 e. The first kappa shape index (κ1) is 21.5. The molecule has 1 N–H and O–H groups in total. The number of anilines is 1. The topological polar surface area (TPSA) is 72.2 Å². The number of likely N-dealkylation sites (tertiary alicyclic amines) is 1. The first-order valence-electron chi connectivity index (χ1n) is 10.4. The number of aromatic nitrogens is 3. The van der Waals surface area contributed by atoms with Crippen LogP contribution in [0.4, 0.5) is 19.0 Å². The highest BCUT2D eigenvalue weighted by Crippen LogP contribution is 2.42. The fourth-order valence-corrected chi connectivity index (χ4v) is 4.31. The van der Waals surface area contributed by atoms with Crippen LogP contribution in [0.2, 0.25) is 0 Å². The van der Waals surface area contributed by atoms with Crippen molar-refractivity contribution in [1.82, 2.24) is 19.2 Å². The van der Waals surface area contributed by atoms with Gasteiger partial charge in [-0.25, -0.2) is 4.68 Å². The van der Waals surface area contributed by atoms with Gasteiger partial charge >= 0.3 is 6.18 Å². The summed E-state index contributed by atoms with van der Waals surface area (Å²) in [4.78, 5) is 26.2. The predicted octanol–water partition coefficient (Wildman–Crippen LogP) is 3.16. The molecule has 0 aliphatic carbocycles. The molecule has 2 aromatic rings. The van der Waals surface area contributed by atoms with E-state index in [2.05, 4.69) is 10.4 Å². The van der Waals surface area contributed by atoms with E-state index in [9.17, 15) is 22.8 Å². The molecule has 1 fully saturated rings. The van der Waals surface area contributed by atoms with Crippen molar-refractivity contribution in [2.75, 3.05) is 18.4 Å². The van der Waals surface area contributed by atoms with Crippen molar-refractivity contribution >= 4 is 11.7 Å².